The normalized spacial score (nSPS) is 13.3. The summed E-state index contributed by atoms with van der Waals surface area (Å²) in [7, 11) is 0. The quantitative estimate of drug-likeness (QED) is 0.764. The van der Waals surface area contributed by atoms with Gasteiger partial charge in [0.05, 0.1) is 10.7 Å². The number of benzene rings is 1. The van der Waals surface area contributed by atoms with Crippen molar-refractivity contribution in [3.05, 3.63) is 17.2 Å². The third-order valence-electron chi connectivity index (χ3n) is 3.30. The Morgan fingerprint density at radius 1 is 1.26 bits per heavy atom. The molecule has 1 heterocycles. The molecule has 0 aromatic heterocycles. The molecule has 7 nitrogen and oxygen atoms in total. The van der Waals surface area contributed by atoms with Gasteiger partial charge in [-0.3, -0.25) is 4.79 Å². The van der Waals surface area contributed by atoms with E-state index < -0.39 is 17.5 Å². The van der Waals surface area contributed by atoms with Gasteiger partial charge in [-0.1, -0.05) is 11.6 Å². The molecule has 1 aromatic carbocycles. The van der Waals surface area contributed by atoms with Crippen LogP contribution in [0.15, 0.2) is 12.1 Å². The fraction of sp³-hybridized carbons (Fsp3) is 0.467. The standard InChI is InChI=1S/C15H19ClN2O5/c1-15(2,4-3-13(19)20)18-14(21)17-10-8-12-11(7-9(10)16)22-5-6-23-12/h7-8H,3-6H2,1-2H3,(H,19,20)(H2,17,18,21). The Bertz CT molecular complexity index is 618. The third-order valence-corrected chi connectivity index (χ3v) is 3.61. The predicted octanol–water partition coefficient (Wildman–Crippen LogP) is 2.88. The largest absolute Gasteiger partial charge is 0.486 e. The van der Waals surface area contributed by atoms with Crippen molar-refractivity contribution in [2.75, 3.05) is 18.5 Å². The van der Waals surface area contributed by atoms with E-state index in [4.69, 9.17) is 26.2 Å². The third kappa shape index (κ3) is 4.92. The maximum Gasteiger partial charge on any atom is 0.319 e. The molecule has 2 amide bonds. The van der Waals surface area contributed by atoms with Crippen LogP contribution in [0.1, 0.15) is 26.7 Å². The predicted molar refractivity (Wildman–Crippen MR) is 85.5 cm³/mol. The summed E-state index contributed by atoms with van der Waals surface area (Å²) in [4.78, 5) is 22.7. The van der Waals surface area contributed by atoms with E-state index in [1.807, 2.05) is 0 Å². The zero-order valence-electron chi connectivity index (χ0n) is 12.9. The van der Waals surface area contributed by atoms with Crippen LogP contribution in [-0.4, -0.2) is 35.9 Å². The summed E-state index contributed by atoms with van der Waals surface area (Å²) in [5, 5.41) is 14.4. The number of fused-ring (bicyclic) bond motifs is 1. The molecule has 0 bridgehead atoms. The van der Waals surface area contributed by atoms with E-state index in [0.717, 1.165) is 0 Å². The molecule has 3 N–H and O–H groups in total. The number of aliphatic carboxylic acids is 1. The highest BCUT2D eigenvalue weighted by Crippen LogP contribution is 2.37. The highest BCUT2D eigenvalue weighted by atomic mass is 35.5. The Kier molecular flexibility index (Phi) is 5.20. The second kappa shape index (κ2) is 6.95. The second-order valence-electron chi connectivity index (χ2n) is 5.83. The smallest absolute Gasteiger partial charge is 0.319 e. The number of carboxylic acid groups (broad SMARTS) is 1. The van der Waals surface area contributed by atoms with Crippen molar-refractivity contribution < 1.29 is 24.2 Å². The van der Waals surface area contributed by atoms with Crippen LogP contribution in [0.5, 0.6) is 11.5 Å². The van der Waals surface area contributed by atoms with Gasteiger partial charge in [0.2, 0.25) is 0 Å². The highest BCUT2D eigenvalue weighted by Gasteiger charge is 2.22. The van der Waals surface area contributed by atoms with Gasteiger partial charge >= 0.3 is 12.0 Å². The SMILES string of the molecule is CC(C)(CCC(=O)O)NC(=O)Nc1cc2c(cc1Cl)OCCO2. The molecular formula is C15H19ClN2O5. The Labute approximate surface area is 138 Å². The van der Waals surface area contributed by atoms with E-state index in [1.54, 1.807) is 26.0 Å². The van der Waals surface area contributed by atoms with E-state index in [1.165, 1.54) is 0 Å². The lowest BCUT2D eigenvalue weighted by Crippen LogP contribution is -2.45. The van der Waals surface area contributed by atoms with Gasteiger partial charge in [0.1, 0.15) is 13.2 Å². The van der Waals surface area contributed by atoms with Crippen LogP contribution in [0.4, 0.5) is 10.5 Å². The summed E-state index contributed by atoms with van der Waals surface area (Å²) in [6, 6.07) is 2.71. The average Bonchev–Trinajstić information content (AvgIpc) is 2.45. The summed E-state index contributed by atoms with van der Waals surface area (Å²) in [6.45, 7) is 4.39. The molecule has 0 fully saturated rings. The number of ether oxygens (including phenoxy) is 2. The first-order valence-electron chi connectivity index (χ1n) is 7.17. The number of hydrogen-bond donors (Lipinski definition) is 3. The number of anilines is 1. The molecular weight excluding hydrogens is 324 g/mol. The van der Waals surface area contributed by atoms with Gasteiger partial charge in [0.25, 0.3) is 0 Å². The molecule has 1 aromatic rings. The molecule has 126 valence electrons. The molecule has 2 rings (SSSR count). The number of carboxylic acids is 1. The van der Waals surface area contributed by atoms with E-state index in [2.05, 4.69) is 10.6 Å². The number of carbonyl (C=O) groups is 2. The number of carbonyl (C=O) groups excluding carboxylic acids is 1. The fourth-order valence-corrected chi connectivity index (χ4v) is 2.30. The van der Waals surface area contributed by atoms with Crippen LogP contribution in [0.25, 0.3) is 0 Å². The summed E-state index contributed by atoms with van der Waals surface area (Å²) in [5.74, 6) is 0.144. The minimum absolute atomic E-state index is 0.0297. The minimum atomic E-state index is -0.907. The second-order valence-corrected chi connectivity index (χ2v) is 6.24. The summed E-state index contributed by atoms with van der Waals surface area (Å²) in [6.07, 6.45) is 0.280. The first kappa shape index (κ1) is 17.2. The topological polar surface area (TPSA) is 96.9 Å². The lowest BCUT2D eigenvalue weighted by molar-refractivity contribution is -0.137. The Balaban J connectivity index is 2.01. The van der Waals surface area contributed by atoms with E-state index in [0.29, 0.717) is 41.8 Å². The van der Waals surface area contributed by atoms with Crippen molar-refractivity contribution in [3.63, 3.8) is 0 Å². The van der Waals surface area contributed by atoms with Crippen LogP contribution in [0.3, 0.4) is 0 Å². The lowest BCUT2D eigenvalue weighted by atomic mass is 9.99. The zero-order valence-corrected chi connectivity index (χ0v) is 13.7. The molecule has 0 spiro atoms. The Morgan fingerprint density at radius 3 is 2.48 bits per heavy atom. The molecule has 23 heavy (non-hydrogen) atoms. The zero-order chi connectivity index (χ0) is 17.0. The molecule has 0 radical (unpaired) electrons. The number of urea groups is 1. The van der Waals surface area contributed by atoms with E-state index >= 15 is 0 Å². The molecule has 0 saturated heterocycles. The molecule has 1 aliphatic heterocycles. The van der Waals surface area contributed by atoms with Crippen molar-refractivity contribution in [2.45, 2.75) is 32.2 Å². The van der Waals surface area contributed by atoms with Gasteiger partial charge in [-0.15, -0.1) is 0 Å². The summed E-state index contributed by atoms with van der Waals surface area (Å²) < 4.78 is 10.9. The van der Waals surface area contributed by atoms with Gasteiger partial charge in [-0.05, 0) is 20.3 Å². The number of halogens is 1. The number of amides is 2. The van der Waals surface area contributed by atoms with Gasteiger partial charge in [-0.25, -0.2) is 4.79 Å². The minimum Gasteiger partial charge on any atom is -0.486 e. The van der Waals surface area contributed by atoms with Gasteiger partial charge in [0.15, 0.2) is 11.5 Å². The Morgan fingerprint density at radius 2 is 1.87 bits per heavy atom. The van der Waals surface area contributed by atoms with Gasteiger partial charge < -0.3 is 25.2 Å². The number of hydrogen-bond acceptors (Lipinski definition) is 4. The maximum atomic E-state index is 12.1. The molecule has 0 aliphatic carbocycles. The molecule has 0 saturated carbocycles. The van der Waals surface area contributed by atoms with Crippen LogP contribution in [0.2, 0.25) is 5.02 Å². The first-order chi connectivity index (χ1) is 10.8. The first-order valence-corrected chi connectivity index (χ1v) is 7.55. The average molecular weight is 343 g/mol. The molecule has 0 atom stereocenters. The number of rotatable bonds is 5. The molecule has 8 heteroatoms. The van der Waals surface area contributed by atoms with Crippen LogP contribution in [-0.2, 0) is 4.79 Å². The Hall–Kier alpha value is -2.15. The highest BCUT2D eigenvalue weighted by molar-refractivity contribution is 6.34. The number of nitrogens with one attached hydrogen (secondary N) is 2. The van der Waals surface area contributed by atoms with Crippen molar-refractivity contribution in [1.82, 2.24) is 5.32 Å². The van der Waals surface area contributed by atoms with Crippen LogP contribution in [0, 0.1) is 0 Å². The van der Waals surface area contributed by atoms with Crippen LogP contribution < -0.4 is 20.1 Å². The van der Waals surface area contributed by atoms with Crippen molar-refractivity contribution in [2.24, 2.45) is 0 Å². The molecule has 0 unspecified atom stereocenters. The van der Waals surface area contributed by atoms with E-state index in [-0.39, 0.29) is 6.42 Å². The lowest BCUT2D eigenvalue weighted by Gasteiger charge is -2.26. The van der Waals surface area contributed by atoms with Gasteiger partial charge in [-0.2, -0.15) is 0 Å². The van der Waals surface area contributed by atoms with Crippen molar-refractivity contribution in [1.29, 1.82) is 0 Å². The summed E-state index contributed by atoms with van der Waals surface area (Å²) >= 11 is 6.12. The maximum absolute atomic E-state index is 12.1. The van der Waals surface area contributed by atoms with E-state index in [9.17, 15) is 9.59 Å². The summed E-state index contributed by atoms with van der Waals surface area (Å²) in [5.41, 5.74) is -0.273. The van der Waals surface area contributed by atoms with Gasteiger partial charge in [0, 0.05) is 24.1 Å². The monoisotopic (exact) mass is 342 g/mol. The fourth-order valence-electron chi connectivity index (χ4n) is 2.10. The van der Waals surface area contributed by atoms with Crippen molar-refractivity contribution >= 4 is 29.3 Å². The molecule has 1 aliphatic rings. The van der Waals surface area contributed by atoms with Crippen LogP contribution >= 0.6 is 11.6 Å². The van der Waals surface area contributed by atoms with Crippen molar-refractivity contribution in [3.8, 4) is 11.5 Å².